The molecule has 5 heteroatoms. The zero-order chi connectivity index (χ0) is 13.3. The first-order valence-corrected chi connectivity index (χ1v) is 6.55. The van der Waals surface area contributed by atoms with Crippen molar-refractivity contribution in [3.63, 3.8) is 0 Å². The second-order valence-corrected chi connectivity index (χ2v) is 4.33. The number of nitrogens with zero attached hydrogens (tertiary/aromatic N) is 3. The predicted molar refractivity (Wildman–Crippen MR) is 74.4 cm³/mol. The van der Waals surface area contributed by atoms with Crippen LogP contribution in [0.1, 0.15) is 12.0 Å². The molecule has 2 heterocycles. The zero-order valence-corrected chi connectivity index (χ0v) is 11.2. The van der Waals surface area contributed by atoms with Gasteiger partial charge in [0.2, 0.25) is 0 Å². The molecule has 19 heavy (non-hydrogen) atoms. The maximum Gasteiger partial charge on any atom is 0.153 e. The summed E-state index contributed by atoms with van der Waals surface area (Å²) in [7, 11) is 1.72. The molecule has 1 N–H and O–H groups in total. The predicted octanol–water partition coefficient (Wildman–Crippen LogP) is 1.44. The Morgan fingerprint density at radius 3 is 3.05 bits per heavy atom. The Labute approximate surface area is 113 Å². The minimum Gasteiger partial charge on any atom is -0.383 e. The first-order chi connectivity index (χ1) is 9.40. The van der Waals surface area contributed by atoms with E-state index in [0.717, 1.165) is 38.4 Å². The van der Waals surface area contributed by atoms with Gasteiger partial charge in [-0.3, -0.25) is 0 Å². The average Bonchev–Trinajstić information content (AvgIpc) is 2.92. The summed E-state index contributed by atoms with van der Waals surface area (Å²) in [6.45, 7) is 2.67. The third-order valence-electron chi connectivity index (χ3n) is 2.82. The number of nitrogens with one attached hydrogen (secondary N) is 1. The molecule has 0 atom stereocenters. The third kappa shape index (κ3) is 4.46. The third-order valence-corrected chi connectivity index (χ3v) is 2.82. The highest BCUT2D eigenvalue weighted by Gasteiger charge is 2.01. The van der Waals surface area contributed by atoms with E-state index in [-0.39, 0.29) is 0 Å². The fourth-order valence-corrected chi connectivity index (χ4v) is 1.82. The Morgan fingerprint density at radius 1 is 1.32 bits per heavy atom. The van der Waals surface area contributed by atoms with Crippen molar-refractivity contribution in [2.24, 2.45) is 0 Å². The second kappa shape index (κ2) is 7.66. The van der Waals surface area contributed by atoms with Crippen molar-refractivity contribution in [2.45, 2.75) is 12.8 Å². The number of ether oxygens (including phenoxy) is 1. The molecule has 0 amide bonds. The lowest BCUT2D eigenvalue weighted by Gasteiger charge is -2.02. The van der Waals surface area contributed by atoms with Crippen LogP contribution in [-0.2, 0) is 11.2 Å². The summed E-state index contributed by atoms with van der Waals surface area (Å²) >= 11 is 0. The molecule has 0 fully saturated rings. The molecular formula is C14H20N4O. The van der Waals surface area contributed by atoms with Gasteiger partial charge in [-0.1, -0.05) is 6.07 Å². The van der Waals surface area contributed by atoms with Gasteiger partial charge in [0.15, 0.2) is 5.82 Å². The van der Waals surface area contributed by atoms with Crippen LogP contribution in [0.3, 0.4) is 0 Å². The fourth-order valence-electron chi connectivity index (χ4n) is 1.82. The number of rotatable bonds is 8. The highest BCUT2D eigenvalue weighted by Crippen LogP contribution is 2.06. The van der Waals surface area contributed by atoms with Crippen molar-refractivity contribution in [2.75, 3.05) is 26.8 Å². The lowest BCUT2D eigenvalue weighted by atomic mass is 10.2. The first-order valence-electron chi connectivity index (χ1n) is 6.55. The van der Waals surface area contributed by atoms with Gasteiger partial charge in [-0.15, -0.1) is 0 Å². The number of aryl methyl sites for hydroxylation is 1. The molecule has 2 aromatic heterocycles. The van der Waals surface area contributed by atoms with E-state index in [9.17, 15) is 0 Å². The summed E-state index contributed by atoms with van der Waals surface area (Å²) in [5, 5.41) is 7.66. The van der Waals surface area contributed by atoms with Crippen LogP contribution in [-0.4, -0.2) is 41.6 Å². The van der Waals surface area contributed by atoms with E-state index in [2.05, 4.69) is 15.4 Å². The van der Waals surface area contributed by atoms with Crippen LogP contribution in [0, 0.1) is 0 Å². The molecule has 102 valence electrons. The summed E-state index contributed by atoms with van der Waals surface area (Å²) in [4.78, 5) is 4.27. The van der Waals surface area contributed by atoms with Gasteiger partial charge in [0, 0.05) is 26.0 Å². The van der Waals surface area contributed by atoms with Crippen molar-refractivity contribution in [1.82, 2.24) is 20.1 Å². The lowest BCUT2D eigenvalue weighted by molar-refractivity contribution is 0.199. The Kier molecular flexibility index (Phi) is 5.52. The van der Waals surface area contributed by atoms with E-state index in [0.29, 0.717) is 0 Å². The zero-order valence-electron chi connectivity index (χ0n) is 11.2. The Hall–Kier alpha value is -1.72. The van der Waals surface area contributed by atoms with Gasteiger partial charge >= 0.3 is 0 Å². The highest BCUT2D eigenvalue weighted by molar-refractivity contribution is 5.22. The van der Waals surface area contributed by atoms with Gasteiger partial charge in [-0.25, -0.2) is 9.67 Å². The standard InChI is InChI=1S/C14H20N4O/c1-19-10-9-15-7-4-5-13-11-17-18(12-13)14-6-2-3-8-16-14/h2-3,6,8,11-12,15H,4-5,7,9-10H2,1H3. The SMILES string of the molecule is COCCNCCCc1cnn(-c2ccccn2)c1. The quantitative estimate of drug-likeness (QED) is 0.730. The van der Waals surface area contributed by atoms with Crippen molar-refractivity contribution >= 4 is 0 Å². The maximum atomic E-state index is 4.98. The van der Waals surface area contributed by atoms with Crippen LogP contribution in [0.2, 0.25) is 0 Å². The van der Waals surface area contributed by atoms with E-state index in [1.54, 1.807) is 13.3 Å². The summed E-state index contributed by atoms with van der Waals surface area (Å²) in [6.07, 6.45) is 7.84. The van der Waals surface area contributed by atoms with Gasteiger partial charge in [-0.2, -0.15) is 5.10 Å². The minimum atomic E-state index is 0.762. The molecule has 0 aromatic carbocycles. The molecule has 0 spiro atoms. The van der Waals surface area contributed by atoms with Gasteiger partial charge in [-0.05, 0) is 37.1 Å². The first kappa shape index (κ1) is 13.7. The maximum absolute atomic E-state index is 4.98. The number of hydrogen-bond acceptors (Lipinski definition) is 4. The summed E-state index contributed by atoms with van der Waals surface area (Å²) in [6, 6.07) is 5.81. The molecule has 0 aliphatic carbocycles. The van der Waals surface area contributed by atoms with Gasteiger partial charge < -0.3 is 10.1 Å². The van der Waals surface area contributed by atoms with Gasteiger partial charge in [0.1, 0.15) is 0 Å². The van der Waals surface area contributed by atoms with Gasteiger partial charge in [0.25, 0.3) is 0 Å². The van der Waals surface area contributed by atoms with E-state index < -0.39 is 0 Å². The van der Waals surface area contributed by atoms with Crippen LogP contribution >= 0.6 is 0 Å². The van der Waals surface area contributed by atoms with Crippen LogP contribution in [0.15, 0.2) is 36.8 Å². The molecule has 0 radical (unpaired) electrons. The van der Waals surface area contributed by atoms with E-state index in [4.69, 9.17) is 4.74 Å². The number of methoxy groups -OCH3 is 1. The Balaban J connectivity index is 1.75. The normalized spacial score (nSPS) is 10.8. The van der Waals surface area contributed by atoms with Crippen molar-refractivity contribution in [1.29, 1.82) is 0 Å². The highest BCUT2D eigenvalue weighted by atomic mass is 16.5. The molecule has 0 unspecified atom stereocenters. The Morgan fingerprint density at radius 2 is 2.26 bits per heavy atom. The van der Waals surface area contributed by atoms with Crippen molar-refractivity contribution < 1.29 is 4.74 Å². The lowest BCUT2D eigenvalue weighted by Crippen LogP contribution is -2.20. The molecule has 0 bridgehead atoms. The summed E-state index contributed by atoms with van der Waals surface area (Å²) in [5.41, 5.74) is 1.24. The molecule has 2 aromatic rings. The summed E-state index contributed by atoms with van der Waals surface area (Å²) < 4.78 is 6.79. The number of pyridine rings is 1. The summed E-state index contributed by atoms with van der Waals surface area (Å²) in [5.74, 6) is 0.854. The molecule has 0 aliphatic rings. The molecule has 5 nitrogen and oxygen atoms in total. The molecule has 2 rings (SSSR count). The fraction of sp³-hybridized carbons (Fsp3) is 0.429. The molecule has 0 saturated heterocycles. The topological polar surface area (TPSA) is 52.0 Å². The van der Waals surface area contributed by atoms with Crippen LogP contribution in [0.25, 0.3) is 5.82 Å². The van der Waals surface area contributed by atoms with Crippen LogP contribution < -0.4 is 5.32 Å². The van der Waals surface area contributed by atoms with E-state index in [1.807, 2.05) is 35.3 Å². The Bertz CT molecular complexity index is 469. The van der Waals surface area contributed by atoms with Crippen molar-refractivity contribution in [3.05, 3.63) is 42.4 Å². The molecular weight excluding hydrogens is 240 g/mol. The number of hydrogen-bond donors (Lipinski definition) is 1. The number of aromatic nitrogens is 3. The monoisotopic (exact) mass is 260 g/mol. The van der Waals surface area contributed by atoms with Gasteiger partial charge in [0.05, 0.1) is 12.8 Å². The molecule has 0 aliphatic heterocycles. The van der Waals surface area contributed by atoms with Crippen molar-refractivity contribution in [3.8, 4) is 5.82 Å². The molecule has 0 saturated carbocycles. The smallest absolute Gasteiger partial charge is 0.153 e. The van der Waals surface area contributed by atoms with Crippen LogP contribution in [0.4, 0.5) is 0 Å². The average molecular weight is 260 g/mol. The van der Waals surface area contributed by atoms with Crippen LogP contribution in [0.5, 0.6) is 0 Å². The second-order valence-electron chi connectivity index (χ2n) is 4.33. The minimum absolute atomic E-state index is 0.762. The largest absolute Gasteiger partial charge is 0.383 e. The van der Waals surface area contributed by atoms with E-state index >= 15 is 0 Å². The van der Waals surface area contributed by atoms with E-state index in [1.165, 1.54) is 5.56 Å².